The third-order valence-electron chi connectivity index (χ3n) is 6.07. The number of aliphatic hydroxyl groups excluding tert-OH is 1. The van der Waals surface area contributed by atoms with Gasteiger partial charge in [-0.25, -0.2) is 0 Å². The third kappa shape index (κ3) is 3.18. The normalized spacial score (nSPS) is 31.2. The number of carbonyl (C=O) groups is 3. The largest absolute Gasteiger partial charge is 0.396 e. The summed E-state index contributed by atoms with van der Waals surface area (Å²) in [6.07, 6.45) is 1.72. The minimum absolute atomic E-state index is 0.00534. The van der Waals surface area contributed by atoms with Crippen LogP contribution in [0.3, 0.4) is 0 Å². The SMILES string of the molecule is CSCC(=O)N1C[C@H]2O[C@]3(C1)CN(C(=O)c1ccc(C(C)=O)s1)C[C@@H]3[C@@H]2CO. The lowest BCUT2D eigenvalue weighted by molar-refractivity contribution is -0.150. The molecule has 4 heterocycles. The average molecular weight is 425 g/mol. The van der Waals surface area contributed by atoms with Crippen LogP contribution in [0.5, 0.6) is 0 Å². The summed E-state index contributed by atoms with van der Waals surface area (Å²) < 4.78 is 6.33. The molecule has 28 heavy (non-hydrogen) atoms. The number of ether oxygens (including phenoxy) is 1. The van der Waals surface area contributed by atoms with Crippen molar-refractivity contribution < 1.29 is 24.2 Å². The molecule has 0 aliphatic carbocycles. The maximum Gasteiger partial charge on any atom is 0.264 e. The number of nitrogens with zero attached hydrogens (tertiary/aromatic N) is 2. The molecule has 3 aliphatic rings. The molecular weight excluding hydrogens is 400 g/mol. The average Bonchev–Trinajstić information content (AvgIpc) is 3.32. The Bertz CT molecular complexity index is 812. The Morgan fingerprint density at radius 3 is 2.61 bits per heavy atom. The van der Waals surface area contributed by atoms with Crippen LogP contribution < -0.4 is 0 Å². The summed E-state index contributed by atoms with van der Waals surface area (Å²) in [6, 6.07) is 3.37. The van der Waals surface area contributed by atoms with Gasteiger partial charge in [-0.15, -0.1) is 11.3 Å². The van der Waals surface area contributed by atoms with Crippen molar-refractivity contribution in [1.29, 1.82) is 0 Å². The minimum atomic E-state index is -0.610. The van der Waals surface area contributed by atoms with E-state index in [2.05, 4.69) is 0 Å². The second-order valence-corrected chi connectivity index (χ2v) is 9.74. The molecule has 0 radical (unpaired) electrons. The number of thiophene rings is 1. The number of ketones is 1. The van der Waals surface area contributed by atoms with E-state index in [1.807, 2.05) is 11.2 Å². The molecule has 152 valence electrons. The molecule has 9 heteroatoms. The lowest BCUT2D eigenvalue weighted by Gasteiger charge is -2.40. The first-order chi connectivity index (χ1) is 13.4. The molecule has 0 saturated carbocycles. The van der Waals surface area contributed by atoms with Crippen LogP contribution in [0.2, 0.25) is 0 Å². The zero-order valence-electron chi connectivity index (χ0n) is 15.9. The van der Waals surface area contributed by atoms with Gasteiger partial charge in [0.2, 0.25) is 5.91 Å². The van der Waals surface area contributed by atoms with Gasteiger partial charge >= 0.3 is 0 Å². The van der Waals surface area contributed by atoms with Gasteiger partial charge in [0.25, 0.3) is 5.91 Å². The van der Waals surface area contributed by atoms with Gasteiger partial charge in [-0.05, 0) is 25.3 Å². The molecule has 2 amide bonds. The number of Topliss-reactive ketones (excluding diaryl/α,β-unsaturated/α-hetero) is 1. The van der Waals surface area contributed by atoms with Gasteiger partial charge in [0.15, 0.2) is 5.78 Å². The Morgan fingerprint density at radius 2 is 1.96 bits per heavy atom. The number of hydrogen-bond acceptors (Lipinski definition) is 7. The molecule has 1 spiro atoms. The summed E-state index contributed by atoms with van der Waals surface area (Å²) in [5.74, 6) is 0.245. The van der Waals surface area contributed by atoms with Gasteiger partial charge in [-0.1, -0.05) is 0 Å². The van der Waals surface area contributed by atoms with Crippen molar-refractivity contribution in [2.45, 2.75) is 18.6 Å². The van der Waals surface area contributed by atoms with Crippen LogP contribution in [0.1, 0.15) is 26.3 Å². The maximum absolute atomic E-state index is 13.0. The number of fused-ring (bicyclic) bond motifs is 1. The Morgan fingerprint density at radius 1 is 1.25 bits per heavy atom. The molecular formula is C19H24N2O5S2. The quantitative estimate of drug-likeness (QED) is 0.709. The first-order valence-electron chi connectivity index (χ1n) is 9.34. The van der Waals surface area contributed by atoms with E-state index in [1.165, 1.54) is 30.0 Å². The highest BCUT2D eigenvalue weighted by molar-refractivity contribution is 7.99. The van der Waals surface area contributed by atoms with Crippen molar-refractivity contribution >= 4 is 40.7 Å². The first kappa shape index (κ1) is 19.9. The predicted molar refractivity (Wildman–Crippen MR) is 107 cm³/mol. The zero-order valence-corrected chi connectivity index (χ0v) is 17.6. The van der Waals surface area contributed by atoms with Crippen LogP contribution >= 0.6 is 23.1 Å². The van der Waals surface area contributed by atoms with Gasteiger partial charge in [0.05, 0.1) is 34.7 Å². The monoisotopic (exact) mass is 424 g/mol. The van der Waals surface area contributed by atoms with Crippen LogP contribution in [0.4, 0.5) is 0 Å². The number of rotatable bonds is 5. The fourth-order valence-electron chi connectivity index (χ4n) is 4.79. The van der Waals surface area contributed by atoms with Crippen molar-refractivity contribution in [3.63, 3.8) is 0 Å². The lowest BCUT2D eigenvalue weighted by atomic mass is 9.83. The van der Waals surface area contributed by atoms with Crippen molar-refractivity contribution in [1.82, 2.24) is 9.80 Å². The van der Waals surface area contributed by atoms with Crippen LogP contribution in [-0.4, -0.2) is 89.0 Å². The summed E-state index contributed by atoms with van der Waals surface area (Å²) >= 11 is 2.70. The van der Waals surface area contributed by atoms with E-state index < -0.39 is 5.60 Å². The van der Waals surface area contributed by atoms with Crippen molar-refractivity contribution in [3.05, 3.63) is 21.9 Å². The van der Waals surface area contributed by atoms with Gasteiger partial charge in [0, 0.05) is 31.5 Å². The van der Waals surface area contributed by atoms with Crippen molar-refractivity contribution in [2.75, 3.05) is 44.8 Å². The number of hydrogen-bond donors (Lipinski definition) is 1. The van der Waals surface area contributed by atoms with Gasteiger partial charge in [-0.2, -0.15) is 11.8 Å². The Labute approximate surface area is 172 Å². The molecule has 4 atom stereocenters. The van der Waals surface area contributed by atoms with E-state index in [1.54, 1.807) is 17.0 Å². The lowest BCUT2D eigenvalue weighted by Crippen LogP contribution is -2.56. The molecule has 3 aliphatic heterocycles. The summed E-state index contributed by atoms with van der Waals surface area (Å²) in [6.45, 7) is 3.33. The van der Waals surface area contributed by atoms with Crippen LogP contribution in [0.25, 0.3) is 0 Å². The van der Waals surface area contributed by atoms with E-state index in [4.69, 9.17) is 4.74 Å². The number of morpholine rings is 1. The van der Waals surface area contributed by atoms with Gasteiger partial charge in [-0.3, -0.25) is 14.4 Å². The van der Waals surface area contributed by atoms with Gasteiger partial charge in [0.1, 0.15) is 5.60 Å². The summed E-state index contributed by atoms with van der Waals surface area (Å²) in [4.78, 5) is 41.7. The topological polar surface area (TPSA) is 87.2 Å². The van der Waals surface area contributed by atoms with Crippen molar-refractivity contribution in [2.24, 2.45) is 11.8 Å². The highest BCUT2D eigenvalue weighted by Gasteiger charge is 2.63. The molecule has 1 aromatic rings. The second kappa shape index (κ2) is 7.44. The molecule has 7 nitrogen and oxygen atoms in total. The molecule has 0 unspecified atom stereocenters. The Hall–Kier alpha value is -1.42. The fraction of sp³-hybridized carbons (Fsp3) is 0.632. The Kier molecular flexibility index (Phi) is 5.28. The van der Waals surface area contributed by atoms with E-state index in [9.17, 15) is 19.5 Å². The summed E-state index contributed by atoms with van der Waals surface area (Å²) in [5.41, 5.74) is -0.610. The fourth-order valence-corrected chi connectivity index (χ4v) is 6.09. The zero-order chi connectivity index (χ0) is 20.1. The third-order valence-corrected chi connectivity index (χ3v) is 7.78. The second-order valence-electron chi connectivity index (χ2n) is 7.79. The molecule has 3 fully saturated rings. The van der Waals surface area contributed by atoms with Gasteiger partial charge < -0.3 is 19.6 Å². The number of carbonyl (C=O) groups excluding carboxylic acids is 3. The molecule has 0 aromatic carbocycles. The summed E-state index contributed by atoms with van der Waals surface area (Å²) in [7, 11) is 0. The van der Waals surface area contributed by atoms with E-state index in [0.29, 0.717) is 41.7 Å². The van der Waals surface area contributed by atoms with Crippen molar-refractivity contribution in [3.8, 4) is 0 Å². The maximum atomic E-state index is 13.0. The van der Waals surface area contributed by atoms with E-state index in [0.717, 1.165) is 0 Å². The number of likely N-dealkylation sites (tertiary alicyclic amines) is 2. The molecule has 3 saturated heterocycles. The standard InChI is InChI=1S/C19H24N2O5S2/c1-11(23)15-3-4-16(28-15)18(25)21-5-13-12(7-22)14-6-20(17(24)8-27-2)9-19(13,10-21)26-14/h3-4,12-14,22H,5-10H2,1-2H3/t12-,13+,14+,19+/m0/s1. The predicted octanol–water partition coefficient (Wildman–Crippen LogP) is 0.974. The minimum Gasteiger partial charge on any atom is -0.396 e. The number of thioether (sulfide) groups is 1. The molecule has 1 aromatic heterocycles. The summed E-state index contributed by atoms with van der Waals surface area (Å²) in [5, 5.41) is 9.96. The molecule has 1 N–H and O–H groups in total. The van der Waals surface area contributed by atoms with Crippen LogP contribution in [0, 0.1) is 11.8 Å². The highest BCUT2D eigenvalue weighted by Crippen LogP contribution is 2.49. The smallest absolute Gasteiger partial charge is 0.264 e. The van der Waals surface area contributed by atoms with Crippen LogP contribution in [0.15, 0.2) is 12.1 Å². The molecule has 2 bridgehead atoms. The first-order valence-corrected chi connectivity index (χ1v) is 11.5. The highest BCUT2D eigenvalue weighted by atomic mass is 32.2. The van der Waals surface area contributed by atoms with E-state index in [-0.39, 0.29) is 42.1 Å². The van der Waals surface area contributed by atoms with Crippen LogP contribution in [-0.2, 0) is 9.53 Å². The van der Waals surface area contributed by atoms with E-state index >= 15 is 0 Å². The molecule has 4 rings (SSSR count). The number of amides is 2. The Balaban J connectivity index is 1.56. The number of aliphatic hydroxyl groups is 1.